The van der Waals surface area contributed by atoms with Crippen molar-refractivity contribution in [3.8, 4) is 5.75 Å². The van der Waals surface area contributed by atoms with Gasteiger partial charge in [-0.3, -0.25) is 14.4 Å². The maximum absolute atomic E-state index is 12.8. The number of nitro groups is 1. The Bertz CT molecular complexity index is 847. The van der Waals surface area contributed by atoms with Crippen molar-refractivity contribution in [1.29, 1.82) is 0 Å². The molecule has 0 unspecified atom stereocenters. The monoisotopic (exact) mass is 350 g/mol. The Balaban J connectivity index is 2.42. The molecule has 2 rings (SSSR count). The van der Waals surface area contributed by atoms with Gasteiger partial charge < -0.3 is 4.74 Å². The molecule has 0 saturated heterocycles. The molecular formula is C16H18N2O5S. The molecule has 0 aliphatic rings. The van der Waals surface area contributed by atoms with E-state index in [0.717, 1.165) is 4.31 Å². The summed E-state index contributed by atoms with van der Waals surface area (Å²) in [5.41, 5.74) is 0.722. The van der Waals surface area contributed by atoms with Crippen LogP contribution >= 0.6 is 0 Å². The van der Waals surface area contributed by atoms with Crippen LogP contribution in [0.4, 0.5) is 11.4 Å². The number of hydrogen-bond acceptors (Lipinski definition) is 5. The number of benzene rings is 2. The van der Waals surface area contributed by atoms with E-state index < -0.39 is 14.9 Å². The topological polar surface area (TPSA) is 89.8 Å². The second-order valence-electron chi connectivity index (χ2n) is 5.10. The predicted molar refractivity (Wildman–Crippen MR) is 91.0 cm³/mol. The zero-order chi connectivity index (χ0) is 17.9. The summed E-state index contributed by atoms with van der Waals surface area (Å²) < 4.78 is 31.8. The molecule has 0 atom stereocenters. The minimum absolute atomic E-state index is 0.0827. The highest BCUT2D eigenvalue weighted by Gasteiger charge is 2.24. The van der Waals surface area contributed by atoms with Gasteiger partial charge in [0.25, 0.3) is 15.7 Å². The third kappa shape index (κ3) is 3.48. The van der Waals surface area contributed by atoms with E-state index in [1.54, 1.807) is 19.1 Å². The van der Waals surface area contributed by atoms with Crippen LogP contribution in [-0.4, -0.2) is 27.0 Å². The highest BCUT2D eigenvalue weighted by atomic mass is 32.2. The lowest BCUT2D eigenvalue weighted by atomic mass is 10.2. The smallest absolute Gasteiger partial charge is 0.271 e. The fraction of sp³-hybridized carbons (Fsp3) is 0.250. The minimum atomic E-state index is -3.83. The number of ether oxygens (including phenoxy) is 1. The standard InChI is InChI=1S/C16H18N2O5S/c1-4-23-14-7-9-15(10-8-14)24(21,22)17(3)16-11-13(18(19)20)6-5-12(16)2/h5-11H,4H2,1-3H3. The molecule has 0 aliphatic heterocycles. The van der Waals surface area contributed by atoms with Gasteiger partial charge in [-0.05, 0) is 43.7 Å². The number of non-ortho nitro benzene ring substituents is 1. The molecule has 0 N–H and O–H groups in total. The van der Waals surface area contributed by atoms with E-state index in [4.69, 9.17) is 4.74 Å². The van der Waals surface area contributed by atoms with Crippen LogP contribution in [0.2, 0.25) is 0 Å². The molecule has 0 aliphatic carbocycles. The fourth-order valence-corrected chi connectivity index (χ4v) is 3.46. The van der Waals surface area contributed by atoms with Crippen molar-refractivity contribution in [3.05, 3.63) is 58.1 Å². The van der Waals surface area contributed by atoms with Crippen molar-refractivity contribution >= 4 is 21.4 Å². The van der Waals surface area contributed by atoms with Crippen LogP contribution in [0.1, 0.15) is 12.5 Å². The molecule has 0 amide bonds. The molecular weight excluding hydrogens is 332 g/mol. The van der Waals surface area contributed by atoms with Gasteiger partial charge in [0.1, 0.15) is 5.75 Å². The molecule has 0 fully saturated rings. The normalized spacial score (nSPS) is 11.1. The summed E-state index contributed by atoms with van der Waals surface area (Å²) in [6.07, 6.45) is 0. The van der Waals surface area contributed by atoms with Crippen molar-refractivity contribution in [1.82, 2.24) is 0 Å². The number of nitro benzene ring substituents is 1. The van der Waals surface area contributed by atoms with Crippen LogP contribution in [0.15, 0.2) is 47.4 Å². The number of nitrogens with zero attached hydrogens (tertiary/aromatic N) is 2. The Kier molecular flexibility index (Phi) is 5.08. The average molecular weight is 350 g/mol. The largest absolute Gasteiger partial charge is 0.494 e. The van der Waals surface area contributed by atoms with Gasteiger partial charge in [0.05, 0.1) is 22.1 Å². The van der Waals surface area contributed by atoms with Crippen LogP contribution in [0.3, 0.4) is 0 Å². The van der Waals surface area contributed by atoms with Crippen LogP contribution < -0.4 is 9.04 Å². The van der Waals surface area contributed by atoms with Crippen molar-refractivity contribution < 1.29 is 18.1 Å². The summed E-state index contributed by atoms with van der Waals surface area (Å²) in [5.74, 6) is 0.575. The number of anilines is 1. The molecule has 128 valence electrons. The van der Waals surface area contributed by atoms with Gasteiger partial charge in [-0.2, -0.15) is 0 Å². The zero-order valence-corrected chi connectivity index (χ0v) is 14.4. The molecule has 0 saturated carbocycles. The van der Waals surface area contributed by atoms with E-state index in [2.05, 4.69) is 0 Å². The van der Waals surface area contributed by atoms with Gasteiger partial charge in [-0.25, -0.2) is 8.42 Å². The molecule has 0 spiro atoms. The summed E-state index contributed by atoms with van der Waals surface area (Å²) in [6.45, 7) is 4.02. The Morgan fingerprint density at radius 1 is 1.17 bits per heavy atom. The predicted octanol–water partition coefficient (Wildman–Crippen LogP) is 3.13. The summed E-state index contributed by atoms with van der Waals surface area (Å²) in [5, 5.41) is 10.9. The Hall–Kier alpha value is -2.61. The van der Waals surface area contributed by atoms with Crippen LogP contribution in [0.5, 0.6) is 5.75 Å². The summed E-state index contributed by atoms with van der Waals surface area (Å²) in [6, 6.07) is 10.2. The van der Waals surface area contributed by atoms with E-state index >= 15 is 0 Å². The lowest BCUT2D eigenvalue weighted by Gasteiger charge is -2.21. The van der Waals surface area contributed by atoms with Gasteiger partial charge >= 0.3 is 0 Å². The van der Waals surface area contributed by atoms with Gasteiger partial charge in [-0.15, -0.1) is 0 Å². The summed E-state index contributed by atoms with van der Waals surface area (Å²) >= 11 is 0. The summed E-state index contributed by atoms with van der Waals surface area (Å²) in [4.78, 5) is 10.5. The highest BCUT2D eigenvalue weighted by molar-refractivity contribution is 7.92. The molecule has 24 heavy (non-hydrogen) atoms. The van der Waals surface area contributed by atoms with Gasteiger partial charge in [0, 0.05) is 19.2 Å². The maximum atomic E-state index is 12.8. The second-order valence-corrected chi connectivity index (χ2v) is 7.07. The molecule has 7 nitrogen and oxygen atoms in total. The first-order valence-electron chi connectivity index (χ1n) is 7.24. The minimum Gasteiger partial charge on any atom is -0.494 e. The molecule has 0 bridgehead atoms. The first-order chi connectivity index (χ1) is 11.3. The quantitative estimate of drug-likeness (QED) is 0.590. The molecule has 0 aromatic heterocycles. The van der Waals surface area contributed by atoms with E-state index in [1.165, 1.54) is 37.4 Å². The van der Waals surface area contributed by atoms with Crippen molar-refractivity contribution in [3.63, 3.8) is 0 Å². The van der Waals surface area contributed by atoms with E-state index in [-0.39, 0.29) is 16.3 Å². The maximum Gasteiger partial charge on any atom is 0.271 e. The molecule has 0 radical (unpaired) electrons. The number of aryl methyl sites for hydroxylation is 1. The van der Waals surface area contributed by atoms with Crippen LogP contribution in [0, 0.1) is 17.0 Å². The first kappa shape index (κ1) is 17.7. The molecule has 2 aromatic carbocycles. The van der Waals surface area contributed by atoms with Gasteiger partial charge in [0.15, 0.2) is 0 Å². The van der Waals surface area contributed by atoms with Gasteiger partial charge in [0.2, 0.25) is 0 Å². The third-order valence-electron chi connectivity index (χ3n) is 3.54. The Morgan fingerprint density at radius 2 is 1.79 bits per heavy atom. The second kappa shape index (κ2) is 6.88. The van der Waals surface area contributed by atoms with Crippen LogP contribution in [-0.2, 0) is 10.0 Å². The average Bonchev–Trinajstić information content (AvgIpc) is 2.55. The zero-order valence-electron chi connectivity index (χ0n) is 13.6. The van der Waals surface area contributed by atoms with Crippen LogP contribution in [0.25, 0.3) is 0 Å². The number of sulfonamides is 1. The lowest BCUT2D eigenvalue weighted by molar-refractivity contribution is -0.384. The fourth-order valence-electron chi connectivity index (χ4n) is 2.21. The number of rotatable bonds is 6. The molecule has 0 heterocycles. The third-order valence-corrected chi connectivity index (χ3v) is 5.32. The van der Waals surface area contributed by atoms with E-state index in [9.17, 15) is 18.5 Å². The SMILES string of the molecule is CCOc1ccc(S(=O)(=O)N(C)c2cc([N+](=O)[O-])ccc2C)cc1. The van der Waals surface area contributed by atoms with Gasteiger partial charge in [-0.1, -0.05) is 6.07 Å². The highest BCUT2D eigenvalue weighted by Crippen LogP contribution is 2.29. The molecule has 2 aromatic rings. The Labute approximate surface area is 140 Å². The Morgan fingerprint density at radius 3 is 2.33 bits per heavy atom. The van der Waals surface area contributed by atoms with Crippen molar-refractivity contribution in [2.75, 3.05) is 18.0 Å². The van der Waals surface area contributed by atoms with Crippen molar-refractivity contribution in [2.24, 2.45) is 0 Å². The number of hydrogen-bond donors (Lipinski definition) is 0. The first-order valence-corrected chi connectivity index (χ1v) is 8.68. The van der Waals surface area contributed by atoms with E-state index in [1.807, 2.05) is 6.92 Å². The van der Waals surface area contributed by atoms with Crippen molar-refractivity contribution in [2.45, 2.75) is 18.7 Å². The molecule has 8 heteroatoms. The van der Waals surface area contributed by atoms with E-state index in [0.29, 0.717) is 17.9 Å². The summed E-state index contributed by atoms with van der Waals surface area (Å²) in [7, 11) is -2.46. The lowest BCUT2D eigenvalue weighted by Crippen LogP contribution is -2.27.